The lowest BCUT2D eigenvalue weighted by molar-refractivity contribution is 0.171. The van der Waals surface area contributed by atoms with Crippen LogP contribution in [0.4, 0.5) is 0 Å². The third-order valence-electron chi connectivity index (χ3n) is 3.31. The highest BCUT2D eigenvalue weighted by atomic mass is 79.9. The SMILES string of the molecule is CCC(C)CC(Cl)c1cc2c(cc1Br)OCCO2. The molecule has 0 spiro atoms. The van der Waals surface area contributed by atoms with Crippen LogP contribution in [0.2, 0.25) is 0 Å². The van der Waals surface area contributed by atoms with Crippen molar-refractivity contribution < 1.29 is 9.47 Å². The standard InChI is InChI=1S/C14H18BrClO2/c1-3-9(2)6-12(16)10-7-13-14(8-11(10)15)18-5-4-17-13/h7-9,12H,3-6H2,1-2H3. The molecule has 1 aromatic rings. The van der Waals surface area contributed by atoms with E-state index in [2.05, 4.69) is 29.8 Å². The van der Waals surface area contributed by atoms with E-state index in [9.17, 15) is 0 Å². The lowest BCUT2D eigenvalue weighted by Crippen LogP contribution is -2.15. The van der Waals surface area contributed by atoms with Crippen molar-refractivity contribution in [3.63, 3.8) is 0 Å². The molecule has 0 aromatic heterocycles. The first-order chi connectivity index (χ1) is 8.61. The lowest BCUT2D eigenvalue weighted by Gasteiger charge is -2.22. The summed E-state index contributed by atoms with van der Waals surface area (Å²) < 4.78 is 12.1. The van der Waals surface area contributed by atoms with E-state index in [1.165, 1.54) is 0 Å². The number of rotatable bonds is 4. The maximum absolute atomic E-state index is 6.50. The number of hydrogen-bond acceptors (Lipinski definition) is 2. The molecule has 2 rings (SSSR count). The second kappa shape index (κ2) is 6.16. The van der Waals surface area contributed by atoms with Crippen molar-refractivity contribution in [1.82, 2.24) is 0 Å². The summed E-state index contributed by atoms with van der Waals surface area (Å²) in [4.78, 5) is 0. The molecule has 2 unspecified atom stereocenters. The van der Waals surface area contributed by atoms with E-state index in [0.29, 0.717) is 19.1 Å². The molecule has 0 radical (unpaired) electrons. The number of hydrogen-bond donors (Lipinski definition) is 0. The summed E-state index contributed by atoms with van der Waals surface area (Å²) in [5.74, 6) is 2.21. The van der Waals surface area contributed by atoms with Gasteiger partial charge in [-0.2, -0.15) is 0 Å². The summed E-state index contributed by atoms with van der Waals surface area (Å²) in [6.45, 7) is 5.62. The predicted octanol–water partition coefficient (Wildman–Crippen LogP) is 4.94. The number of fused-ring (bicyclic) bond motifs is 1. The largest absolute Gasteiger partial charge is 0.486 e. The van der Waals surface area contributed by atoms with Crippen LogP contribution in [0, 0.1) is 5.92 Å². The Morgan fingerprint density at radius 2 is 1.89 bits per heavy atom. The van der Waals surface area contributed by atoms with E-state index in [1.807, 2.05) is 12.1 Å². The van der Waals surface area contributed by atoms with Gasteiger partial charge in [0.1, 0.15) is 13.2 Å². The molecule has 0 saturated heterocycles. The molecule has 18 heavy (non-hydrogen) atoms. The van der Waals surface area contributed by atoms with Gasteiger partial charge < -0.3 is 9.47 Å². The minimum Gasteiger partial charge on any atom is -0.486 e. The Balaban J connectivity index is 2.22. The van der Waals surface area contributed by atoms with Gasteiger partial charge in [-0.3, -0.25) is 0 Å². The number of benzene rings is 1. The molecule has 0 saturated carbocycles. The zero-order valence-electron chi connectivity index (χ0n) is 10.7. The average Bonchev–Trinajstić information content (AvgIpc) is 2.37. The lowest BCUT2D eigenvalue weighted by atomic mass is 9.98. The number of alkyl halides is 1. The zero-order valence-corrected chi connectivity index (χ0v) is 13.1. The maximum Gasteiger partial charge on any atom is 0.162 e. The molecule has 1 aliphatic rings. The van der Waals surface area contributed by atoms with E-state index < -0.39 is 0 Å². The highest BCUT2D eigenvalue weighted by Crippen LogP contribution is 2.41. The molecular weight excluding hydrogens is 316 g/mol. The van der Waals surface area contributed by atoms with E-state index >= 15 is 0 Å². The second-order valence-electron chi connectivity index (χ2n) is 4.73. The summed E-state index contributed by atoms with van der Waals surface area (Å²) in [5, 5.41) is 0.00477. The molecule has 100 valence electrons. The van der Waals surface area contributed by atoms with E-state index in [4.69, 9.17) is 21.1 Å². The second-order valence-corrected chi connectivity index (χ2v) is 6.12. The minimum atomic E-state index is 0.00477. The minimum absolute atomic E-state index is 0.00477. The fourth-order valence-electron chi connectivity index (χ4n) is 1.97. The van der Waals surface area contributed by atoms with Crippen LogP contribution in [0.15, 0.2) is 16.6 Å². The van der Waals surface area contributed by atoms with Gasteiger partial charge in [-0.25, -0.2) is 0 Å². The van der Waals surface area contributed by atoms with Gasteiger partial charge in [0.15, 0.2) is 11.5 Å². The van der Waals surface area contributed by atoms with Gasteiger partial charge in [0, 0.05) is 4.47 Å². The molecule has 0 fully saturated rings. The van der Waals surface area contributed by atoms with Gasteiger partial charge in [-0.05, 0) is 30.0 Å². The Labute approximate surface area is 122 Å². The van der Waals surface area contributed by atoms with Crippen LogP contribution >= 0.6 is 27.5 Å². The molecule has 2 nitrogen and oxygen atoms in total. The Kier molecular flexibility index (Phi) is 4.79. The molecule has 0 aliphatic carbocycles. The molecule has 4 heteroatoms. The van der Waals surface area contributed by atoms with Gasteiger partial charge >= 0.3 is 0 Å². The molecule has 0 N–H and O–H groups in total. The van der Waals surface area contributed by atoms with Crippen LogP contribution in [0.1, 0.15) is 37.6 Å². The normalized spacial score (nSPS) is 17.3. The fraction of sp³-hybridized carbons (Fsp3) is 0.571. The Morgan fingerprint density at radius 3 is 2.50 bits per heavy atom. The summed E-state index contributed by atoms with van der Waals surface area (Å²) in [7, 11) is 0. The monoisotopic (exact) mass is 332 g/mol. The van der Waals surface area contributed by atoms with Crippen molar-refractivity contribution in [1.29, 1.82) is 0 Å². The van der Waals surface area contributed by atoms with Gasteiger partial charge in [-0.15, -0.1) is 11.6 Å². The van der Waals surface area contributed by atoms with E-state index in [1.54, 1.807) is 0 Å². The van der Waals surface area contributed by atoms with Crippen molar-refractivity contribution >= 4 is 27.5 Å². The third-order valence-corrected chi connectivity index (χ3v) is 4.41. The number of halogens is 2. The quantitative estimate of drug-likeness (QED) is 0.727. The summed E-state index contributed by atoms with van der Waals surface area (Å²) in [5.41, 5.74) is 1.08. The Bertz CT molecular complexity index is 423. The van der Waals surface area contributed by atoms with Crippen molar-refractivity contribution in [2.45, 2.75) is 32.1 Å². The first kappa shape index (κ1) is 14.0. The zero-order chi connectivity index (χ0) is 13.1. The summed E-state index contributed by atoms with van der Waals surface area (Å²) in [6, 6.07) is 3.95. The van der Waals surface area contributed by atoms with Crippen LogP contribution in [0.25, 0.3) is 0 Å². The van der Waals surface area contributed by atoms with Gasteiger partial charge in [0.2, 0.25) is 0 Å². The molecule has 0 amide bonds. The van der Waals surface area contributed by atoms with Gasteiger partial charge in [0.25, 0.3) is 0 Å². The van der Waals surface area contributed by atoms with E-state index in [-0.39, 0.29) is 5.38 Å². The smallest absolute Gasteiger partial charge is 0.162 e. The number of ether oxygens (including phenoxy) is 2. The first-order valence-electron chi connectivity index (χ1n) is 6.35. The predicted molar refractivity (Wildman–Crippen MR) is 77.8 cm³/mol. The van der Waals surface area contributed by atoms with Crippen molar-refractivity contribution in [3.05, 3.63) is 22.2 Å². The van der Waals surface area contributed by atoms with Crippen LogP contribution in [-0.4, -0.2) is 13.2 Å². The molecule has 1 aromatic carbocycles. The molecule has 1 heterocycles. The maximum atomic E-state index is 6.50. The van der Waals surface area contributed by atoms with Crippen LogP contribution in [-0.2, 0) is 0 Å². The van der Waals surface area contributed by atoms with Crippen LogP contribution in [0.3, 0.4) is 0 Å². The summed E-state index contributed by atoms with van der Waals surface area (Å²) in [6.07, 6.45) is 2.11. The first-order valence-corrected chi connectivity index (χ1v) is 7.57. The van der Waals surface area contributed by atoms with Crippen LogP contribution < -0.4 is 9.47 Å². The molecule has 0 bridgehead atoms. The Morgan fingerprint density at radius 1 is 1.28 bits per heavy atom. The van der Waals surface area contributed by atoms with Crippen molar-refractivity contribution in [3.8, 4) is 11.5 Å². The van der Waals surface area contributed by atoms with Gasteiger partial charge in [-0.1, -0.05) is 36.2 Å². The van der Waals surface area contributed by atoms with E-state index in [0.717, 1.165) is 34.4 Å². The van der Waals surface area contributed by atoms with Crippen molar-refractivity contribution in [2.24, 2.45) is 5.92 Å². The van der Waals surface area contributed by atoms with Crippen LogP contribution in [0.5, 0.6) is 11.5 Å². The highest BCUT2D eigenvalue weighted by molar-refractivity contribution is 9.10. The molecule has 2 atom stereocenters. The topological polar surface area (TPSA) is 18.5 Å². The fourth-order valence-corrected chi connectivity index (χ4v) is 3.18. The van der Waals surface area contributed by atoms with Crippen molar-refractivity contribution in [2.75, 3.05) is 13.2 Å². The summed E-state index contributed by atoms with van der Waals surface area (Å²) >= 11 is 10.1. The highest BCUT2D eigenvalue weighted by Gasteiger charge is 2.20. The molecular formula is C14H18BrClO2. The Hall–Kier alpha value is -0.410. The molecule has 1 aliphatic heterocycles. The average molecular weight is 334 g/mol. The third kappa shape index (κ3) is 3.12. The van der Waals surface area contributed by atoms with Gasteiger partial charge in [0.05, 0.1) is 5.38 Å².